The summed E-state index contributed by atoms with van der Waals surface area (Å²) < 4.78 is 6.02. The highest BCUT2D eigenvalue weighted by Crippen LogP contribution is 2.22. The molecule has 150 valence electrons. The monoisotopic (exact) mass is 417 g/mol. The van der Waals surface area contributed by atoms with Gasteiger partial charge < -0.3 is 9.73 Å². The molecule has 4 rings (SSSR count). The molecule has 1 amide bonds. The van der Waals surface area contributed by atoms with Crippen molar-refractivity contribution in [3.05, 3.63) is 93.6 Å². The number of nitrogens with one attached hydrogen (secondary N) is 1. The molecule has 0 atom stereocenters. The van der Waals surface area contributed by atoms with E-state index >= 15 is 0 Å². The van der Waals surface area contributed by atoms with Crippen LogP contribution in [0, 0.1) is 20.8 Å². The van der Waals surface area contributed by atoms with E-state index < -0.39 is 0 Å². The second kappa shape index (κ2) is 8.13. The van der Waals surface area contributed by atoms with E-state index in [0.29, 0.717) is 27.4 Å². The number of carbonyl (C=O) groups excluding carboxylic acids is 1. The molecule has 0 radical (unpaired) electrons. The average Bonchev–Trinajstić information content (AvgIpc) is 2.72. The Kier molecular flexibility index (Phi) is 5.38. The van der Waals surface area contributed by atoms with Crippen LogP contribution in [0.25, 0.3) is 11.0 Å². The van der Waals surface area contributed by atoms with Gasteiger partial charge in [-0.15, -0.1) is 0 Å². The summed E-state index contributed by atoms with van der Waals surface area (Å²) in [7, 11) is 0. The zero-order valence-electron chi connectivity index (χ0n) is 16.9. The number of halogens is 1. The zero-order chi connectivity index (χ0) is 21.3. The first kappa shape index (κ1) is 19.9. The van der Waals surface area contributed by atoms with Gasteiger partial charge in [-0.3, -0.25) is 4.79 Å². The molecule has 2 heterocycles. The summed E-state index contributed by atoms with van der Waals surface area (Å²) in [4.78, 5) is 22.0. The molecular weight excluding hydrogens is 398 g/mol. The van der Waals surface area contributed by atoms with Crippen molar-refractivity contribution < 1.29 is 9.21 Å². The second-order valence-corrected chi connectivity index (χ2v) is 7.66. The molecule has 0 fully saturated rings. The molecule has 6 heteroatoms. The Hall–Kier alpha value is -3.44. The molecule has 0 aliphatic carbocycles. The standard InChI is InChI=1S/C24H20ClN3O2/c1-14-4-6-16(3)20(10-14)27-24-19(12-17-11-18(25)7-8-21(17)30-24)23(29)28-22-9-5-15(2)13-26-22/h4-13H,1-3H3,(H,26,28,29). The van der Waals surface area contributed by atoms with Gasteiger partial charge in [0.05, 0.1) is 5.69 Å². The Balaban J connectivity index is 1.88. The van der Waals surface area contributed by atoms with Crippen molar-refractivity contribution in [2.24, 2.45) is 4.99 Å². The Labute approximate surface area is 179 Å². The quantitative estimate of drug-likeness (QED) is 0.451. The van der Waals surface area contributed by atoms with Crippen LogP contribution in [-0.2, 0) is 0 Å². The fraction of sp³-hybridized carbons (Fsp3) is 0.125. The van der Waals surface area contributed by atoms with Gasteiger partial charge in [-0.1, -0.05) is 29.8 Å². The highest BCUT2D eigenvalue weighted by molar-refractivity contribution is 6.31. The van der Waals surface area contributed by atoms with Crippen LogP contribution in [0.4, 0.5) is 11.5 Å². The minimum atomic E-state index is -0.360. The van der Waals surface area contributed by atoms with E-state index in [-0.39, 0.29) is 11.5 Å². The van der Waals surface area contributed by atoms with Crippen molar-refractivity contribution in [2.45, 2.75) is 20.8 Å². The van der Waals surface area contributed by atoms with Crippen LogP contribution in [-0.4, -0.2) is 10.9 Å². The third-order valence-corrected chi connectivity index (χ3v) is 4.93. The molecule has 0 saturated heterocycles. The van der Waals surface area contributed by atoms with E-state index in [0.717, 1.165) is 22.4 Å². The Morgan fingerprint density at radius 3 is 2.57 bits per heavy atom. The lowest BCUT2D eigenvalue weighted by atomic mass is 10.1. The maximum absolute atomic E-state index is 13.1. The highest BCUT2D eigenvalue weighted by Gasteiger charge is 2.14. The van der Waals surface area contributed by atoms with E-state index in [1.807, 2.05) is 45.0 Å². The van der Waals surface area contributed by atoms with E-state index in [1.54, 1.807) is 36.5 Å². The van der Waals surface area contributed by atoms with Crippen LogP contribution >= 0.6 is 11.6 Å². The average molecular weight is 418 g/mol. The number of benzene rings is 2. The summed E-state index contributed by atoms with van der Waals surface area (Å²) in [6.07, 6.45) is 1.70. The van der Waals surface area contributed by atoms with Crippen LogP contribution in [0.15, 0.2) is 70.2 Å². The number of aryl methyl sites for hydroxylation is 3. The van der Waals surface area contributed by atoms with Crippen molar-refractivity contribution in [1.29, 1.82) is 0 Å². The molecule has 2 aromatic heterocycles. The van der Waals surface area contributed by atoms with E-state index in [1.165, 1.54) is 0 Å². The van der Waals surface area contributed by atoms with Gasteiger partial charge in [0.1, 0.15) is 17.0 Å². The number of hydrogen-bond acceptors (Lipinski definition) is 4. The second-order valence-electron chi connectivity index (χ2n) is 7.22. The number of anilines is 1. The van der Waals surface area contributed by atoms with Crippen LogP contribution in [0.1, 0.15) is 27.0 Å². The first-order chi connectivity index (χ1) is 14.4. The molecule has 0 bridgehead atoms. The molecule has 0 aliphatic heterocycles. The summed E-state index contributed by atoms with van der Waals surface area (Å²) in [5, 5.41) is 4.09. The molecule has 0 spiro atoms. The number of nitrogens with zero attached hydrogens (tertiary/aromatic N) is 2. The van der Waals surface area contributed by atoms with Gasteiger partial charge in [-0.2, -0.15) is 0 Å². The van der Waals surface area contributed by atoms with Crippen molar-refractivity contribution in [3.8, 4) is 0 Å². The predicted octanol–water partition coefficient (Wildman–Crippen LogP) is 5.89. The Morgan fingerprint density at radius 2 is 1.80 bits per heavy atom. The lowest BCUT2D eigenvalue weighted by molar-refractivity contribution is 0.102. The van der Waals surface area contributed by atoms with Gasteiger partial charge in [0.2, 0.25) is 5.55 Å². The van der Waals surface area contributed by atoms with E-state index in [2.05, 4.69) is 15.3 Å². The first-order valence-corrected chi connectivity index (χ1v) is 9.86. The fourth-order valence-electron chi connectivity index (χ4n) is 3.02. The number of aromatic nitrogens is 1. The van der Waals surface area contributed by atoms with Crippen LogP contribution in [0.2, 0.25) is 5.02 Å². The van der Waals surface area contributed by atoms with Gasteiger partial charge >= 0.3 is 0 Å². The minimum Gasteiger partial charge on any atom is -0.438 e. The third kappa shape index (κ3) is 4.26. The molecule has 5 nitrogen and oxygen atoms in total. The number of pyridine rings is 1. The third-order valence-electron chi connectivity index (χ3n) is 4.69. The number of rotatable bonds is 3. The summed E-state index contributed by atoms with van der Waals surface area (Å²) in [5.41, 5.74) is 4.92. The molecule has 2 aromatic carbocycles. The van der Waals surface area contributed by atoms with Crippen LogP contribution in [0.5, 0.6) is 0 Å². The molecule has 0 aliphatic rings. The SMILES string of the molecule is Cc1ccc(NC(=O)c2cc3cc(Cl)ccc3oc2=Nc2cc(C)ccc2C)nc1. The van der Waals surface area contributed by atoms with Gasteiger partial charge in [0.25, 0.3) is 5.91 Å². The van der Waals surface area contributed by atoms with E-state index in [4.69, 9.17) is 16.0 Å². The molecule has 0 saturated carbocycles. The molecule has 1 N–H and O–H groups in total. The van der Waals surface area contributed by atoms with Crippen molar-refractivity contribution in [1.82, 2.24) is 4.98 Å². The first-order valence-electron chi connectivity index (χ1n) is 9.48. The molecule has 30 heavy (non-hydrogen) atoms. The number of amides is 1. The summed E-state index contributed by atoms with van der Waals surface area (Å²) >= 11 is 6.13. The highest BCUT2D eigenvalue weighted by atomic mass is 35.5. The number of fused-ring (bicyclic) bond motifs is 1. The largest absolute Gasteiger partial charge is 0.438 e. The lowest BCUT2D eigenvalue weighted by Gasteiger charge is -2.08. The Bertz CT molecular complexity index is 1320. The number of hydrogen-bond donors (Lipinski definition) is 1. The van der Waals surface area contributed by atoms with Crippen LogP contribution in [0.3, 0.4) is 0 Å². The topological polar surface area (TPSA) is 67.5 Å². The van der Waals surface area contributed by atoms with Crippen molar-refractivity contribution in [3.63, 3.8) is 0 Å². The van der Waals surface area contributed by atoms with Gasteiger partial charge in [0, 0.05) is 16.6 Å². The van der Waals surface area contributed by atoms with Crippen molar-refractivity contribution >= 4 is 40.0 Å². The predicted molar refractivity (Wildman–Crippen MR) is 119 cm³/mol. The fourth-order valence-corrected chi connectivity index (χ4v) is 3.20. The summed E-state index contributed by atoms with van der Waals surface area (Å²) in [6, 6.07) is 16.6. The molecule has 0 unspecified atom stereocenters. The van der Waals surface area contributed by atoms with E-state index in [9.17, 15) is 4.79 Å². The zero-order valence-corrected chi connectivity index (χ0v) is 17.6. The minimum absolute atomic E-state index is 0.225. The maximum atomic E-state index is 13.1. The Morgan fingerprint density at radius 1 is 1.00 bits per heavy atom. The molecule has 4 aromatic rings. The van der Waals surface area contributed by atoms with Crippen LogP contribution < -0.4 is 10.9 Å². The van der Waals surface area contributed by atoms with Crippen molar-refractivity contribution in [2.75, 3.05) is 5.32 Å². The van der Waals surface area contributed by atoms with Gasteiger partial charge in [-0.25, -0.2) is 9.98 Å². The summed E-state index contributed by atoms with van der Waals surface area (Å²) in [5.74, 6) is 0.0931. The smallest absolute Gasteiger partial charge is 0.262 e. The lowest BCUT2D eigenvalue weighted by Crippen LogP contribution is -2.22. The van der Waals surface area contributed by atoms with Gasteiger partial charge in [-0.05, 0) is 73.9 Å². The normalized spacial score (nSPS) is 11.7. The maximum Gasteiger partial charge on any atom is 0.262 e. The number of carbonyl (C=O) groups is 1. The summed E-state index contributed by atoms with van der Waals surface area (Å²) in [6.45, 7) is 5.90. The van der Waals surface area contributed by atoms with Gasteiger partial charge in [0.15, 0.2) is 0 Å². The molecular formula is C24H20ClN3O2.